The van der Waals surface area contributed by atoms with Crippen LogP contribution in [0, 0.1) is 11.3 Å². The number of rotatable bonds is 4. The Hall–Kier alpha value is -3.47. The van der Waals surface area contributed by atoms with Crippen LogP contribution < -0.4 is 9.64 Å². The smallest absolute Gasteiger partial charge is 0.316 e. The highest BCUT2D eigenvalue weighted by atomic mass is 16.5. The minimum absolute atomic E-state index is 0.0627. The third kappa shape index (κ3) is 3.72. The zero-order valence-electron chi connectivity index (χ0n) is 15.0. The lowest BCUT2D eigenvalue weighted by atomic mass is 10.1. The Morgan fingerprint density at radius 2 is 1.89 bits per heavy atom. The van der Waals surface area contributed by atoms with Crippen LogP contribution in [0.4, 0.5) is 5.69 Å². The SMILES string of the molecule is Cn1cc(-c2cnc(OC3CCN(c4cnccc4C#N)CC3)nc2)cn1. The van der Waals surface area contributed by atoms with E-state index < -0.39 is 0 Å². The number of nitrogens with zero attached hydrogens (tertiary/aromatic N) is 7. The van der Waals surface area contributed by atoms with E-state index in [1.807, 2.05) is 13.2 Å². The summed E-state index contributed by atoms with van der Waals surface area (Å²) in [6.45, 7) is 1.61. The van der Waals surface area contributed by atoms with E-state index in [4.69, 9.17) is 4.74 Å². The topological polar surface area (TPSA) is 92.8 Å². The van der Waals surface area contributed by atoms with Crippen molar-refractivity contribution < 1.29 is 4.74 Å². The second-order valence-corrected chi connectivity index (χ2v) is 6.47. The van der Waals surface area contributed by atoms with Crippen LogP contribution >= 0.6 is 0 Å². The van der Waals surface area contributed by atoms with Gasteiger partial charge in [-0.15, -0.1) is 0 Å². The van der Waals surface area contributed by atoms with Crippen molar-refractivity contribution in [3.05, 3.63) is 48.8 Å². The molecule has 0 amide bonds. The van der Waals surface area contributed by atoms with E-state index in [1.54, 1.807) is 41.7 Å². The Bertz CT molecular complexity index is 953. The van der Waals surface area contributed by atoms with Gasteiger partial charge in [-0.1, -0.05) is 0 Å². The second kappa shape index (κ2) is 7.41. The summed E-state index contributed by atoms with van der Waals surface area (Å²) in [6.07, 6.45) is 12.3. The van der Waals surface area contributed by atoms with Gasteiger partial charge in [-0.25, -0.2) is 9.97 Å². The highest BCUT2D eigenvalue weighted by Crippen LogP contribution is 2.24. The van der Waals surface area contributed by atoms with Crippen molar-refractivity contribution in [2.24, 2.45) is 7.05 Å². The number of anilines is 1. The summed E-state index contributed by atoms with van der Waals surface area (Å²) in [5.74, 6) is 0. The van der Waals surface area contributed by atoms with Crippen LogP contribution in [0.3, 0.4) is 0 Å². The van der Waals surface area contributed by atoms with Gasteiger partial charge in [0.25, 0.3) is 0 Å². The van der Waals surface area contributed by atoms with E-state index >= 15 is 0 Å². The number of hydrogen-bond donors (Lipinski definition) is 0. The molecule has 1 saturated heterocycles. The molecule has 0 saturated carbocycles. The number of aryl methyl sites for hydroxylation is 1. The molecule has 0 aliphatic carbocycles. The van der Waals surface area contributed by atoms with Crippen LogP contribution in [0.1, 0.15) is 18.4 Å². The van der Waals surface area contributed by atoms with Gasteiger partial charge in [0.05, 0.1) is 23.6 Å². The van der Waals surface area contributed by atoms with Crippen LogP contribution in [0.25, 0.3) is 11.1 Å². The molecular formula is C19H19N7O. The maximum absolute atomic E-state index is 9.25. The van der Waals surface area contributed by atoms with Gasteiger partial charge in [0.15, 0.2) is 0 Å². The number of aromatic nitrogens is 5. The fourth-order valence-electron chi connectivity index (χ4n) is 3.19. The molecule has 0 radical (unpaired) electrons. The Kier molecular flexibility index (Phi) is 4.66. The molecule has 0 unspecified atom stereocenters. The van der Waals surface area contributed by atoms with Crippen LogP contribution in [-0.2, 0) is 7.05 Å². The fourth-order valence-corrected chi connectivity index (χ4v) is 3.19. The Morgan fingerprint density at radius 1 is 1.11 bits per heavy atom. The summed E-state index contributed by atoms with van der Waals surface area (Å²) in [4.78, 5) is 15.0. The average Bonchev–Trinajstić information content (AvgIpc) is 3.15. The first kappa shape index (κ1) is 17.0. The molecule has 8 heteroatoms. The highest BCUT2D eigenvalue weighted by Gasteiger charge is 2.23. The van der Waals surface area contributed by atoms with Gasteiger partial charge >= 0.3 is 6.01 Å². The third-order valence-corrected chi connectivity index (χ3v) is 4.64. The van der Waals surface area contributed by atoms with Gasteiger partial charge < -0.3 is 9.64 Å². The van der Waals surface area contributed by atoms with Crippen molar-refractivity contribution in [1.29, 1.82) is 5.26 Å². The zero-order valence-corrected chi connectivity index (χ0v) is 15.0. The predicted molar refractivity (Wildman–Crippen MR) is 99.0 cm³/mol. The molecule has 4 heterocycles. The lowest BCUT2D eigenvalue weighted by Gasteiger charge is -2.33. The maximum atomic E-state index is 9.25. The predicted octanol–water partition coefficient (Wildman–Crippen LogP) is 2.19. The summed E-state index contributed by atoms with van der Waals surface area (Å²) in [5.41, 5.74) is 3.42. The number of piperidine rings is 1. The van der Waals surface area contributed by atoms with Gasteiger partial charge in [-0.2, -0.15) is 10.4 Å². The summed E-state index contributed by atoms with van der Waals surface area (Å²) < 4.78 is 7.69. The largest absolute Gasteiger partial charge is 0.460 e. The molecule has 0 spiro atoms. The van der Waals surface area contributed by atoms with Crippen molar-refractivity contribution in [1.82, 2.24) is 24.7 Å². The molecule has 8 nitrogen and oxygen atoms in total. The van der Waals surface area contributed by atoms with Gasteiger partial charge in [0.2, 0.25) is 0 Å². The summed E-state index contributed by atoms with van der Waals surface area (Å²) in [7, 11) is 1.87. The minimum atomic E-state index is 0.0627. The zero-order chi connectivity index (χ0) is 18.6. The Labute approximate surface area is 157 Å². The highest BCUT2D eigenvalue weighted by molar-refractivity contribution is 5.59. The van der Waals surface area contributed by atoms with Crippen molar-refractivity contribution in [3.63, 3.8) is 0 Å². The normalized spacial score (nSPS) is 14.7. The molecule has 0 bridgehead atoms. The van der Waals surface area contributed by atoms with E-state index in [-0.39, 0.29) is 6.10 Å². The van der Waals surface area contributed by atoms with Crippen LogP contribution in [0.2, 0.25) is 0 Å². The molecule has 1 aliphatic rings. The van der Waals surface area contributed by atoms with Crippen molar-refractivity contribution >= 4 is 5.69 Å². The molecule has 0 atom stereocenters. The third-order valence-electron chi connectivity index (χ3n) is 4.64. The molecule has 0 N–H and O–H groups in total. The number of pyridine rings is 1. The van der Waals surface area contributed by atoms with E-state index in [1.165, 1.54) is 0 Å². The first-order valence-corrected chi connectivity index (χ1v) is 8.79. The van der Waals surface area contributed by atoms with E-state index in [2.05, 4.69) is 31.0 Å². The van der Waals surface area contributed by atoms with Crippen LogP contribution in [-0.4, -0.2) is 43.9 Å². The standard InChI is InChI=1S/C19H19N7O/c1-25-13-16(11-24-25)15-9-22-19(23-10-15)27-17-3-6-26(7-4-17)18-12-21-5-2-14(18)8-20/h2,5,9-13,17H,3-4,6-7H2,1H3. The molecule has 27 heavy (non-hydrogen) atoms. The Balaban J connectivity index is 1.36. The molecular weight excluding hydrogens is 342 g/mol. The van der Waals surface area contributed by atoms with E-state index in [0.717, 1.165) is 42.7 Å². The summed E-state index contributed by atoms with van der Waals surface area (Å²) in [5, 5.41) is 13.4. The lowest BCUT2D eigenvalue weighted by molar-refractivity contribution is 0.156. The monoisotopic (exact) mass is 361 g/mol. The molecule has 4 rings (SSSR count). The van der Waals surface area contributed by atoms with Crippen LogP contribution in [0.5, 0.6) is 6.01 Å². The van der Waals surface area contributed by atoms with E-state index in [9.17, 15) is 5.26 Å². The van der Waals surface area contributed by atoms with Crippen molar-refractivity contribution in [2.45, 2.75) is 18.9 Å². The first-order chi connectivity index (χ1) is 13.2. The van der Waals surface area contributed by atoms with Crippen LogP contribution in [0.15, 0.2) is 43.2 Å². The minimum Gasteiger partial charge on any atom is -0.460 e. The van der Waals surface area contributed by atoms with Crippen molar-refractivity contribution in [2.75, 3.05) is 18.0 Å². The maximum Gasteiger partial charge on any atom is 0.316 e. The fraction of sp³-hybridized carbons (Fsp3) is 0.316. The molecule has 3 aromatic rings. The van der Waals surface area contributed by atoms with Gasteiger partial charge in [-0.05, 0) is 6.07 Å². The quantitative estimate of drug-likeness (QED) is 0.703. The Morgan fingerprint density at radius 3 is 2.56 bits per heavy atom. The summed E-state index contributed by atoms with van der Waals surface area (Å²) >= 11 is 0. The lowest BCUT2D eigenvalue weighted by Crippen LogP contribution is -2.38. The number of ether oxygens (including phenoxy) is 1. The molecule has 0 aromatic carbocycles. The van der Waals surface area contributed by atoms with E-state index in [0.29, 0.717) is 11.6 Å². The van der Waals surface area contributed by atoms with Gasteiger partial charge in [-0.3, -0.25) is 9.67 Å². The average molecular weight is 361 g/mol. The summed E-state index contributed by atoms with van der Waals surface area (Å²) in [6, 6.07) is 4.36. The second-order valence-electron chi connectivity index (χ2n) is 6.47. The molecule has 1 fully saturated rings. The van der Waals surface area contributed by atoms with Crippen molar-refractivity contribution in [3.8, 4) is 23.2 Å². The first-order valence-electron chi connectivity index (χ1n) is 8.79. The molecule has 3 aromatic heterocycles. The number of hydrogen-bond acceptors (Lipinski definition) is 7. The van der Waals surface area contributed by atoms with Gasteiger partial charge in [0.1, 0.15) is 12.2 Å². The van der Waals surface area contributed by atoms with Gasteiger partial charge in [0, 0.05) is 68.9 Å². The number of nitriles is 1. The molecule has 1 aliphatic heterocycles. The molecule has 136 valence electrons.